The van der Waals surface area contributed by atoms with Gasteiger partial charge in [0.25, 0.3) is 5.69 Å². The fraction of sp³-hybridized carbons (Fsp3) is 0.286. The van der Waals surface area contributed by atoms with E-state index in [1.54, 1.807) is 12.1 Å². The van der Waals surface area contributed by atoms with Crippen LogP contribution in [-0.2, 0) is 9.53 Å². The van der Waals surface area contributed by atoms with Gasteiger partial charge in [-0.3, -0.25) is 19.9 Å². The van der Waals surface area contributed by atoms with E-state index in [4.69, 9.17) is 15.2 Å². The highest BCUT2D eigenvalue weighted by Gasteiger charge is 2.17. The Bertz CT molecular complexity index is 725. The van der Waals surface area contributed by atoms with Gasteiger partial charge in [0, 0.05) is 18.0 Å². The summed E-state index contributed by atoms with van der Waals surface area (Å²) >= 11 is 1.43. The third kappa shape index (κ3) is 4.08. The summed E-state index contributed by atoms with van der Waals surface area (Å²) in [4.78, 5) is 26.2. The van der Waals surface area contributed by atoms with Gasteiger partial charge in [-0.25, -0.2) is 0 Å². The Hall–Kier alpha value is -2.39. The maximum atomic E-state index is 11.6. The predicted octanol–water partition coefficient (Wildman–Crippen LogP) is 1.71. The van der Waals surface area contributed by atoms with Crippen LogP contribution in [0.5, 0.6) is 5.75 Å². The first-order chi connectivity index (χ1) is 11.0. The Balaban J connectivity index is 2.11. The molecule has 0 amide bonds. The second-order valence-electron chi connectivity index (χ2n) is 4.53. The van der Waals surface area contributed by atoms with Crippen LogP contribution in [0, 0.1) is 10.1 Å². The molecule has 1 unspecified atom stereocenters. The van der Waals surface area contributed by atoms with Crippen LogP contribution >= 0.6 is 11.8 Å². The summed E-state index contributed by atoms with van der Waals surface area (Å²) in [6.45, 7) is -0.343. The van der Waals surface area contributed by atoms with Crippen molar-refractivity contribution >= 4 is 34.3 Å². The van der Waals surface area contributed by atoms with Crippen molar-refractivity contribution in [2.45, 2.75) is 6.04 Å². The summed E-state index contributed by atoms with van der Waals surface area (Å²) in [5, 5.41) is 11.4. The molecule has 0 bridgehead atoms. The number of carbonyl (C=O) groups is 1. The number of hydrogen-bond acceptors (Lipinski definition) is 8. The third-order valence-corrected chi connectivity index (χ3v) is 3.66. The van der Waals surface area contributed by atoms with Crippen molar-refractivity contribution in [2.75, 3.05) is 18.8 Å². The van der Waals surface area contributed by atoms with Crippen LogP contribution in [0.25, 0.3) is 10.9 Å². The van der Waals surface area contributed by atoms with Crippen molar-refractivity contribution in [3.8, 4) is 5.75 Å². The molecule has 1 aromatic heterocycles. The summed E-state index contributed by atoms with van der Waals surface area (Å²) in [7, 11) is 0. The van der Waals surface area contributed by atoms with Gasteiger partial charge < -0.3 is 15.2 Å². The van der Waals surface area contributed by atoms with Gasteiger partial charge in [-0.1, -0.05) is 0 Å². The lowest BCUT2D eigenvalue weighted by atomic mass is 10.1. The number of benzene rings is 1. The lowest BCUT2D eigenvalue weighted by Crippen LogP contribution is -2.35. The fourth-order valence-corrected chi connectivity index (χ4v) is 2.41. The number of esters is 1. The number of rotatable bonds is 7. The largest absolute Gasteiger partial charge is 0.455 e. The number of ether oxygens (including phenoxy) is 2. The van der Waals surface area contributed by atoms with Gasteiger partial charge in [-0.15, -0.1) is 0 Å². The molecule has 0 saturated carbocycles. The number of hydrogen-bond donors (Lipinski definition) is 1. The number of nitrogens with two attached hydrogens (primary N) is 1. The first-order valence-electron chi connectivity index (χ1n) is 6.60. The molecule has 0 aliphatic heterocycles. The average molecular weight is 337 g/mol. The van der Waals surface area contributed by atoms with E-state index in [1.807, 2.05) is 6.26 Å². The van der Waals surface area contributed by atoms with Crippen molar-refractivity contribution in [2.24, 2.45) is 5.73 Å². The van der Waals surface area contributed by atoms with E-state index in [2.05, 4.69) is 4.98 Å². The van der Waals surface area contributed by atoms with Crippen LogP contribution in [0.4, 0.5) is 5.69 Å². The number of nitro benzene ring substituents is 1. The number of nitro groups is 1. The van der Waals surface area contributed by atoms with Crippen molar-refractivity contribution in [1.82, 2.24) is 4.98 Å². The van der Waals surface area contributed by atoms with Crippen molar-refractivity contribution in [3.05, 3.63) is 40.6 Å². The first-order valence-corrected chi connectivity index (χ1v) is 8.00. The van der Waals surface area contributed by atoms with Crippen LogP contribution in [0.15, 0.2) is 30.5 Å². The number of non-ortho nitro benzene ring substituents is 1. The Morgan fingerprint density at radius 2 is 2.26 bits per heavy atom. The van der Waals surface area contributed by atoms with E-state index >= 15 is 0 Å². The summed E-state index contributed by atoms with van der Waals surface area (Å²) in [6.07, 6.45) is 3.33. The van der Waals surface area contributed by atoms with Crippen LogP contribution in [0.3, 0.4) is 0 Å². The smallest absolute Gasteiger partial charge is 0.326 e. The number of aromatic nitrogens is 1. The number of pyridine rings is 1. The second-order valence-corrected chi connectivity index (χ2v) is 5.44. The number of thioether (sulfide) groups is 1. The number of carbonyl (C=O) groups excluding carboxylic acids is 1. The van der Waals surface area contributed by atoms with Gasteiger partial charge in [0.15, 0.2) is 0 Å². The molecule has 9 heteroatoms. The van der Waals surface area contributed by atoms with Gasteiger partial charge in [0.05, 0.1) is 10.3 Å². The minimum absolute atomic E-state index is 0.0700. The predicted molar refractivity (Wildman–Crippen MR) is 86.3 cm³/mol. The standard InChI is InChI=1S/C14H15N3O5S/c1-23-7-10(15)14(18)22-8-21-12-5-4-11(17(19)20)9-3-2-6-16-13(9)12/h2-6,10H,7-8,15H2,1H3. The van der Waals surface area contributed by atoms with Gasteiger partial charge in [-0.2, -0.15) is 11.8 Å². The fourth-order valence-electron chi connectivity index (χ4n) is 1.91. The molecule has 0 aliphatic rings. The summed E-state index contributed by atoms with van der Waals surface area (Å²) in [5.41, 5.74) is 5.87. The molecular weight excluding hydrogens is 322 g/mol. The average Bonchev–Trinajstić information content (AvgIpc) is 2.54. The monoisotopic (exact) mass is 337 g/mol. The zero-order valence-corrected chi connectivity index (χ0v) is 13.1. The van der Waals surface area contributed by atoms with Crippen LogP contribution in [0.1, 0.15) is 0 Å². The van der Waals surface area contributed by atoms with Gasteiger partial charge in [-0.05, 0) is 24.5 Å². The molecule has 8 nitrogen and oxygen atoms in total. The van der Waals surface area contributed by atoms with E-state index in [1.165, 1.54) is 30.1 Å². The quantitative estimate of drug-likeness (QED) is 0.351. The molecule has 0 saturated heterocycles. The molecule has 1 aromatic carbocycles. The van der Waals surface area contributed by atoms with Crippen molar-refractivity contribution in [3.63, 3.8) is 0 Å². The topological polar surface area (TPSA) is 118 Å². The highest BCUT2D eigenvalue weighted by Crippen LogP contribution is 2.31. The van der Waals surface area contributed by atoms with Gasteiger partial charge in [0.2, 0.25) is 6.79 Å². The molecule has 122 valence electrons. The lowest BCUT2D eigenvalue weighted by molar-refractivity contribution is -0.383. The van der Waals surface area contributed by atoms with E-state index in [0.29, 0.717) is 16.7 Å². The van der Waals surface area contributed by atoms with Gasteiger partial charge >= 0.3 is 5.97 Å². The van der Waals surface area contributed by atoms with Crippen LogP contribution in [0.2, 0.25) is 0 Å². The molecular formula is C14H15N3O5S. The first kappa shape index (κ1) is 17.0. The minimum Gasteiger partial charge on any atom is -0.455 e. The molecule has 2 rings (SSSR count). The lowest BCUT2D eigenvalue weighted by Gasteiger charge is -2.12. The van der Waals surface area contributed by atoms with Crippen molar-refractivity contribution in [1.29, 1.82) is 0 Å². The third-order valence-electron chi connectivity index (χ3n) is 2.97. The normalized spacial score (nSPS) is 11.9. The highest BCUT2D eigenvalue weighted by molar-refractivity contribution is 7.98. The highest BCUT2D eigenvalue weighted by atomic mass is 32.2. The summed E-state index contributed by atoms with van der Waals surface area (Å²) in [5.74, 6) is 0.164. The molecule has 1 atom stereocenters. The molecule has 0 fully saturated rings. The Kier molecular flexibility index (Phi) is 5.72. The van der Waals surface area contributed by atoms with Gasteiger partial charge in [0.1, 0.15) is 17.3 Å². The zero-order chi connectivity index (χ0) is 16.8. The maximum Gasteiger partial charge on any atom is 0.326 e. The molecule has 0 aliphatic carbocycles. The Morgan fingerprint density at radius 3 is 2.96 bits per heavy atom. The minimum atomic E-state index is -0.722. The molecule has 0 radical (unpaired) electrons. The molecule has 2 N–H and O–H groups in total. The molecule has 2 aromatic rings. The van der Waals surface area contributed by atoms with E-state index < -0.39 is 16.9 Å². The SMILES string of the molecule is CSCC(N)C(=O)OCOc1ccc([N+](=O)[O-])c2cccnc12. The van der Waals surface area contributed by atoms with E-state index in [-0.39, 0.29) is 18.2 Å². The Morgan fingerprint density at radius 1 is 1.48 bits per heavy atom. The molecule has 0 spiro atoms. The van der Waals surface area contributed by atoms with Crippen LogP contribution < -0.4 is 10.5 Å². The van der Waals surface area contributed by atoms with E-state index in [0.717, 1.165) is 0 Å². The molecule has 23 heavy (non-hydrogen) atoms. The van der Waals surface area contributed by atoms with Crippen LogP contribution in [-0.4, -0.2) is 40.7 Å². The summed E-state index contributed by atoms with van der Waals surface area (Å²) < 4.78 is 10.3. The van der Waals surface area contributed by atoms with E-state index in [9.17, 15) is 14.9 Å². The second kappa shape index (κ2) is 7.75. The number of fused-ring (bicyclic) bond motifs is 1. The zero-order valence-electron chi connectivity index (χ0n) is 12.3. The number of nitrogens with zero attached hydrogens (tertiary/aromatic N) is 2. The summed E-state index contributed by atoms with van der Waals surface area (Å²) in [6, 6.07) is 5.19. The molecule has 1 heterocycles. The van der Waals surface area contributed by atoms with Crippen molar-refractivity contribution < 1.29 is 19.2 Å². The Labute approximate surface area is 136 Å². The maximum absolute atomic E-state index is 11.6.